The zero-order valence-corrected chi connectivity index (χ0v) is 15.6. The highest BCUT2D eigenvalue weighted by atomic mass is 16.2. The lowest BCUT2D eigenvalue weighted by atomic mass is 10.2. The minimum absolute atomic E-state index is 0.146. The lowest BCUT2D eigenvalue weighted by Gasteiger charge is -2.07. The number of aromatic amines is 1. The average molecular weight is 375 g/mol. The van der Waals surface area contributed by atoms with E-state index in [1.165, 1.54) is 4.68 Å². The maximum Gasteiger partial charge on any atom is 0.275 e. The lowest BCUT2D eigenvalue weighted by Crippen LogP contribution is -2.29. The molecule has 2 heterocycles. The third kappa shape index (κ3) is 3.64. The second kappa shape index (κ2) is 7.64. The molecule has 0 aliphatic rings. The van der Waals surface area contributed by atoms with E-state index in [0.717, 1.165) is 41.5 Å². The number of anilines is 1. The number of hydrogen-bond donors (Lipinski definition) is 2. The predicted molar refractivity (Wildman–Crippen MR) is 109 cm³/mol. The summed E-state index contributed by atoms with van der Waals surface area (Å²) in [7, 11) is 0. The van der Waals surface area contributed by atoms with Gasteiger partial charge in [0.1, 0.15) is 12.4 Å². The van der Waals surface area contributed by atoms with Crippen molar-refractivity contribution in [3.8, 4) is 0 Å². The monoisotopic (exact) mass is 375 g/mol. The summed E-state index contributed by atoms with van der Waals surface area (Å²) < 4.78 is 1.18. The van der Waals surface area contributed by atoms with Gasteiger partial charge in [-0.1, -0.05) is 31.5 Å². The molecule has 0 unspecified atom stereocenters. The number of nitrogens with one attached hydrogen (secondary N) is 2. The molecule has 28 heavy (non-hydrogen) atoms. The Morgan fingerprint density at radius 3 is 2.93 bits per heavy atom. The number of aryl methyl sites for hydroxylation is 1. The molecule has 7 heteroatoms. The van der Waals surface area contributed by atoms with Gasteiger partial charge in [-0.25, -0.2) is 9.67 Å². The molecule has 7 nitrogen and oxygen atoms in total. The van der Waals surface area contributed by atoms with Gasteiger partial charge in [0.15, 0.2) is 0 Å². The average Bonchev–Trinajstić information content (AvgIpc) is 3.11. The highest BCUT2D eigenvalue weighted by Crippen LogP contribution is 2.18. The fourth-order valence-corrected chi connectivity index (χ4v) is 3.18. The van der Waals surface area contributed by atoms with Crippen LogP contribution in [0.1, 0.15) is 25.6 Å². The fraction of sp³-hybridized carbons (Fsp3) is 0.238. The Balaban J connectivity index is 1.50. The third-order valence-corrected chi connectivity index (χ3v) is 4.64. The number of fused-ring (bicyclic) bond motifs is 2. The van der Waals surface area contributed by atoms with Gasteiger partial charge < -0.3 is 10.3 Å². The quantitative estimate of drug-likeness (QED) is 0.541. The summed E-state index contributed by atoms with van der Waals surface area (Å²) in [5, 5.41) is 8.22. The van der Waals surface area contributed by atoms with Crippen molar-refractivity contribution in [2.24, 2.45) is 0 Å². The van der Waals surface area contributed by atoms with E-state index in [9.17, 15) is 9.59 Å². The first-order valence-electron chi connectivity index (χ1n) is 9.37. The van der Waals surface area contributed by atoms with Crippen LogP contribution in [0, 0.1) is 0 Å². The van der Waals surface area contributed by atoms with Gasteiger partial charge >= 0.3 is 0 Å². The first-order valence-corrected chi connectivity index (χ1v) is 9.37. The number of H-pyrrole nitrogens is 1. The number of nitrogens with zero attached hydrogens (tertiary/aromatic N) is 3. The minimum Gasteiger partial charge on any atom is -0.342 e. The van der Waals surface area contributed by atoms with Gasteiger partial charge in [-0.15, -0.1) is 0 Å². The van der Waals surface area contributed by atoms with Gasteiger partial charge in [-0.05, 0) is 30.7 Å². The Morgan fingerprint density at radius 2 is 2.07 bits per heavy atom. The van der Waals surface area contributed by atoms with Crippen LogP contribution < -0.4 is 10.9 Å². The first-order chi connectivity index (χ1) is 13.6. The SMILES string of the molecule is CCCCc1nc2ccc(NC(=O)Cn3ncc4ccccc4c3=O)cc2[nH]1. The molecular weight excluding hydrogens is 354 g/mol. The van der Waals surface area contributed by atoms with Crippen molar-refractivity contribution < 1.29 is 4.79 Å². The summed E-state index contributed by atoms with van der Waals surface area (Å²) >= 11 is 0. The van der Waals surface area contributed by atoms with E-state index in [4.69, 9.17) is 0 Å². The standard InChI is InChI=1S/C21H21N5O2/c1-2-3-8-19-24-17-10-9-15(11-18(17)25-19)23-20(27)13-26-21(28)16-7-5-4-6-14(16)12-22-26/h4-7,9-12H,2-3,8,13H2,1H3,(H,23,27)(H,24,25). The fourth-order valence-electron chi connectivity index (χ4n) is 3.18. The highest BCUT2D eigenvalue weighted by Gasteiger charge is 2.10. The van der Waals surface area contributed by atoms with Crippen LogP contribution in [0.25, 0.3) is 21.8 Å². The van der Waals surface area contributed by atoms with Crippen molar-refractivity contribution in [1.82, 2.24) is 19.7 Å². The molecule has 2 aromatic carbocycles. The molecule has 0 saturated carbocycles. The number of amides is 1. The highest BCUT2D eigenvalue weighted by molar-refractivity contribution is 5.93. The van der Waals surface area contributed by atoms with Crippen LogP contribution in [-0.4, -0.2) is 25.7 Å². The molecule has 4 aromatic rings. The summed E-state index contributed by atoms with van der Waals surface area (Å²) in [5.74, 6) is 0.641. The second-order valence-corrected chi connectivity index (χ2v) is 6.76. The maximum absolute atomic E-state index is 12.5. The minimum atomic E-state index is -0.310. The molecule has 0 aliphatic carbocycles. The Kier molecular flexibility index (Phi) is 4.89. The van der Waals surface area contributed by atoms with Crippen LogP contribution >= 0.6 is 0 Å². The Hall–Kier alpha value is -3.48. The topological polar surface area (TPSA) is 92.7 Å². The van der Waals surface area contributed by atoms with Gasteiger partial charge in [0.2, 0.25) is 5.91 Å². The summed E-state index contributed by atoms with van der Waals surface area (Å²) in [6, 6.07) is 12.7. The van der Waals surface area contributed by atoms with Crippen LogP contribution in [0.4, 0.5) is 5.69 Å². The number of benzene rings is 2. The van der Waals surface area contributed by atoms with Crippen LogP contribution in [0.2, 0.25) is 0 Å². The van der Waals surface area contributed by atoms with Gasteiger partial charge in [0.05, 0.1) is 22.6 Å². The second-order valence-electron chi connectivity index (χ2n) is 6.76. The molecule has 0 spiro atoms. The van der Waals surface area contributed by atoms with Crippen molar-refractivity contribution in [3.63, 3.8) is 0 Å². The molecule has 142 valence electrons. The van der Waals surface area contributed by atoms with Gasteiger partial charge in [0.25, 0.3) is 5.56 Å². The molecule has 0 radical (unpaired) electrons. The lowest BCUT2D eigenvalue weighted by molar-refractivity contribution is -0.117. The summed E-state index contributed by atoms with van der Waals surface area (Å²) in [6.07, 6.45) is 4.69. The number of carbonyl (C=O) groups is 1. The molecule has 0 atom stereocenters. The van der Waals surface area contributed by atoms with Crippen LogP contribution in [-0.2, 0) is 17.8 Å². The summed E-state index contributed by atoms with van der Waals surface area (Å²) in [4.78, 5) is 32.8. The molecule has 0 saturated heterocycles. The maximum atomic E-state index is 12.5. The molecule has 1 amide bonds. The number of aromatic nitrogens is 4. The van der Waals surface area contributed by atoms with Crippen LogP contribution in [0.15, 0.2) is 53.5 Å². The summed E-state index contributed by atoms with van der Waals surface area (Å²) in [6.45, 7) is 2.00. The van der Waals surface area contributed by atoms with Crippen molar-refractivity contribution >= 4 is 33.4 Å². The van der Waals surface area contributed by atoms with Crippen molar-refractivity contribution in [2.45, 2.75) is 32.7 Å². The molecule has 0 bridgehead atoms. The number of carbonyl (C=O) groups excluding carboxylic acids is 1. The van der Waals surface area contributed by atoms with E-state index < -0.39 is 0 Å². The van der Waals surface area contributed by atoms with Gasteiger partial charge in [-0.3, -0.25) is 9.59 Å². The van der Waals surface area contributed by atoms with E-state index in [2.05, 4.69) is 27.3 Å². The normalized spacial score (nSPS) is 11.2. The Labute approximate surface area is 161 Å². The van der Waals surface area contributed by atoms with Gasteiger partial charge in [-0.2, -0.15) is 5.10 Å². The molecule has 0 fully saturated rings. The zero-order chi connectivity index (χ0) is 19.5. The number of hydrogen-bond acceptors (Lipinski definition) is 4. The van der Waals surface area contributed by atoms with E-state index >= 15 is 0 Å². The van der Waals surface area contributed by atoms with Crippen LogP contribution in [0.3, 0.4) is 0 Å². The number of rotatable bonds is 6. The molecule has 4 rings (SSSR count). The largest absolute Gasteiger partial charge is 0.342 e. The zero-order valence-electron chi connectivity index (χ0n) is 15.6. The Bertz CT molecular complexity index is 1210. The van der Waals surface area contributed by atoms with E-state index in [-0.39, 0.29) is 18.0 Å². The van der Waals surface area contributed by atoms with Crippen LogP contribution in [0.5, 0.6) is 0 Å². The van der Waals surface area contributed by atoms with Crippen molar-refractivity contribution in [1.29, 1.82) is 0 Å². The Morgan fingerprint density at radius 1 is 1.21 bits per heavy atom. The van der Waals surface area contributed by atoms with Crippen molar-refractivity contribution in [3.05, 3.63) is 64.8 Å². The molecule has 2 N–H and O–H groups in total. The number of unbranched alkanes of at least 4 members (excludes halogenated alkanes) is 1. The molecule has 0 aliphatic heterocycles. The summed E-state index contributed by atoms with van der Waals surface area (Å²) in [5.41, 5.74) is 2.12. The molecular formula is C21H21N5O2. The third-order valence-electron chi connectivity index (χ3n) is 4.64. The van der Waals surface area contributed by atoms with E-state index in [0.29, 0.717) is 11.1 Å². The van der Waals surface area contributed by atoms with Crippen molar-refractivity contribution in [2.75, 3.05) is 5.32 Å². The predicted octanol–water partition coefficient (Wildman–Crippen LogP) is 3.25. The smallest absolute Gasteiger partial charge is 0.275 e. The van der Waals surface area contributed by atoms with E-state index in [1.54, 1.807) is 24.4 Å². The van der Waals surface area contributed by atoms with Gasteiger partial charge in [0, 0.05) is 17.5 Å². The first kappa shape index (κ1) is 17.9. The molecule has 2 aromatic heterocycles. The van der Waals surface area contributed by atoms with E-state index in [1.807, 2.05) is 24.3 Å². The number of imidazole rings is 1.